The van der Waals surface area contributed by atoms with E-state index in [0.717, 1.165) is 33.0 Å². The molecule has 0 spiro atoms. The summed E-state index contributed by atoms with van der Waals surface area (Å²) in [6, 6.07) is 0. The second kappa shape index (κ2) is 5.89. The first-order valence-electron chi connectivity index (χ1n) is 7.68. The number of anilines is 1. The maximum absolute atomic E-state index is 12.6. The average Bonchev–Trinajstić information content (AvgIpc) is 3.02. The van der Waals surface area contributed by atoms with Gasteiger partial charge in [-0.1, -0.05) is 20.8 Å². The van der Waals surface area contributed by atoms with Crippen LogP contribution in [-0.4, -0.2) is 20.9 Å². The van der Waals surface area contributed by atoms with Gasteiger partial charge in [0, 0.05) is 16.2 Å². The SMILES string of the molecule is Cc1csc(NC(=O)c2sc3nc(C(C)(C)C)nc(C)c3c2C)n1. The van der Waals surface area contributed by atoms with E-state index in [1.54, 1.807) is 0 Å². The van der Waals surface area contributed by atoms with E-state index in [1.807, 2.05) is 26.2 Å². The van der Waals surface area contributed by atoms with Crippen molar-refractivity contribution in [2.45, 2.75) is 47.0 Å². The number of fused-ring (bicyclic) bond motifs is 1. The molecule has 0 aromatic carbocycles. The summed E-state index contributed by atoms with van der Waals surface area (Å²) in [4.78, 5) is 27.8. The fraction of sp³-hybridized carbons (Fsp3) is 0.412. The summed E-state index contributed by atoms with van der Waals surface area (Å²) in [6.07, 6.45) is 0. The van der Waals surface area contributed by atoms with Crippen LogP contribution in [0.5, 0.6) is 0 Å². The first-order chi connectivity index (χ1) is 11.2. The topological polar surface area (TPSA) is 67.8 Å². The molecule has 3 heterocycles. The molecule has 0 aliphatic carbocycles. The fourth-order valence-corrected chi connectivity index (χ4v) is 4.27. The largest absolute Gasteiger partial charge is 0.297 e. The number of aromatic nitrogens is 3. The molecule has 0 fully saturated rings. The number of thiophene rings is 1. The van der Waals surface area contributed by atoms with E-state index in [2.05, 4.69) is 36.1 Å². The van der Waals surface area contributed by atoms with Crippen molar-refractivity contribution < 1.29 is 4.79 Å². The summed E-state index contributed by atoms with van der Waals surface area (Å²) in [6.45, 7) is 12.1. The van der Waals surface area contributed by atoms with Crippen LogP contribution in [0.15, 0.2) is 5.38 Å². The molecular weight excluding hydrogens is 340 g/mol. The van der Waals surface area contributed by atoms with Gasteiger partial charge in [-0.25, -0.2) is 15.0 Å². The quantitative estimate of drug-likeness (QED) is 0.724. The first kappa shape index (κ1) is 17.0. The maximum atomic E-state index is 12.6. The third-order valence-electron chi connectivity index (χ3n) is 3.69. The normalized spacial score (nSPS) is 11.9. The highest BCUT2D eigenvalue weighted by Crippen LogP contribution is 2.33. The zero-order chi connectivity index (χ0) is 17.6. The number of carbonyl (C=O) groups excluding carboxylic acids is 1. The molecule has 7 heteroatoms. The number of rotatable bonds is 2. The summed E-state index contributed by atoms with van der Waals surface area (Å²) >= 11 is 2.84. The van der Waals surface area contributed by atoms with Gasteiger partial charge in [-0.3, -0.25) is 10.1 Å². The van der Waals surface area contributed by atoms with Gasteiger partial charge in [-0.2, -0.15) is 0 Å². The van der Waals surface area contributed by atoms with Crippen molar-refractivity contribution in [3.8, 4) is 0 Å². The van der Waals surface area contributed by atoms with Crippen LogP contribution in [0.2, 0.25) is 0 Å². The molecule has 3 aromatic heterocycles. The molecule has 0 saturated carbocycles. The lowest BCUT2D eigenvalue weighted by molar-refractivity contribution is 0.103. The molecule has 0 saturated heterocycles. The summed E-state index contributed by atoms with van der Waals surface area (Å²) < 4.78 is 0. The molecule has 0 aliphatic rings. The molecule has 0 atom stereocenters. The third kappa shape index (κ3) is 3.06. The van der Waals surface area contributed by atoms with E-state index in [1.165, 1.54) is 22.7 Å². The minimum absolute atomic E-state index is 0.127. The molecule has 1 N–H and O–H groups in total. The van der Waals surface area contributed by atoms with Crippen molar-refractivity contribution in [2.75, 3.05) is 5.32 Å². The standard InChI is InChI=1S/C17H20N4OS2/c1-8-7-23-16(18-8)20-13(22)12-9(2)11-10(3)19-15(17(4,5)6)21-14(11)24-12/h7H,1-6H3,(H,18,20,22). The minimum Gasteiger partial charge on any atom is -0.297 e. The Bertz CT molecular complexity index is 934. The van der Waals surface area contributed by atoms with Crippen LogP contribution in [0.3, 0.4) is 0 Å². The van der Waals surface area contributed by atoms with Crippen molar-refractivity contribution in [2.24, 2.45) is 0 Å². The van der Waals surface area contributed by atoms with Crippen molar-refractivity contribution in [1.82, 2.24) is 15.0 Å². The van der Waals surface area contributed by atoms with Crippen LogP contribution in [0.1, 0.15) is 53.2 Å². The van der Waals surface area contributed by atoms with Gasteiger partial charge < -0.3 is 0 Å². The highest BCUT2D eigenvalue weighted by molar-refractivity contribution is 7.21. The number of hydrogen-bond acceptors (Lipinski definition) is 6. The van der Waals surface area contributed by atoms with Gasteiger partial charge in [-0.05, 0) is 26.3 Å². The molecule has 0 bridgehead atoms. The Kier molecular flexibility index (Phi) is 4.17. The predicted octanol–water partition coefficient (Wildman–Crippen LogP) is 4.62. The summed E-state index contributed by atoms with van der Waals surface area (Å²) in [7, 11) is 0. The number of amides is 1. The molecule has 5 nitrogen and oxygen atoms in total. The van der Waals surface area contributed by atoms with E-state index in [9.17, 15) is 4.79 Å². The van der Waals surface area contributed by atoms with Crippen LogP contribution < -0.4 is 5.32 Å². The molecule has 126 valence electrons. The van der Waals surface area contributed by atoms with Gasteiger partial charge in [0.2, 0.25) is 0 Å². The van der Waals surface area contributed by atoms with Crippen molar-refractivity contribution in [1.29, 1.82) is 0 Å². The maximum Gasteiger partial charge on any atom is 0.267 e. The van der Waals surface area contributed by atoms with E-state index in [0.29, 0.717) is 10.0 Å². The van der Waals surface area contributed by atoms with E-state index < -0.39 is 0 Å². The molecule has 1 amide bonds. The molecule has 0 radical (unpaired) electrons. The van der Waals surface area contributed by atoms with Crippen LogP contribution in [0, 0.1) is 20.8 Å². The molecule has 0 unspecified atom stereocenters. The van der Waals surface area contributed by atoms with Crippen molar-refractivity contribution in [3.05, 3.63) is 33.0 Å². The van der Waals surface area contributed by atoms with Gasteiger partial charge in [-0.15, -0.1) is 22.7 Å². The van der Waals surface area contributed by atoms with Crippen LogP contribution in [-0.2, 0) is 5.41 Å². The minimum atomic E-state index is -0.137. The Hall–Kier alpha value is -1.86. The first-order valence-corrected chi connectivity index (χ1v) is 9.38. The molecule has 3 aromatic rings. The zero-order valence-electron chi connectivity index (χ0n) is 14.6. The van der Waals surface area contributed by atoms with Gasteiger partial charge >= 0.3 is 0 Å². The lowest BCUT2D eigenvalue weighted by Crippen LogP contribution is -2.16. The Morgan fingerprint density at radius 1 is 1.12 bits per heavy atom. The van der Waals surface area contributed by atoms with Crippen LogP contribution >= 0.6 is 22.7 Å². The zero-order valence-corrected chi connectivity index (χ0v) is 16.3. The predicted molar refractivity (Wildman–Crippen MR) is 100 cm³/mol. The second-order valence-electron chi connectivity index (χ2n) is 6.87. The average molecular weight is 361 g/mol. The van der Waals surface area contributed by atoms with E-state index in [-0.39, 0.29) is 11.3 Å². The van der Waals surface area contributed by atoms with Gasteiger partial charge in [0.1, 0.15) is 10.7 Å². The Balaban J connectivity index is 2.04. The molecule has 3 rings (SSSR count). The number of hydrogen-bond donors (Lipinski definition) is 1. The molecule has 0 aliphatic heterocycles. The number of thiazole rings is 1. The van der Waals surface area contributed by atoms with E-state index in [4.69, 9.17) is 4.98 Å². The number of carbonyl (C=O) groups is 1. The Morgan fingerprint density at radius 2 is 1.83 bits per heavy atom. The Morgan fingerprint density at radius 3 is 2.42 bits per heavy atom. The number of aryl methyl sites for hydroxylation is 3. The summed E-state index contributed by atoms with van der Waals surface area (Å²) in [5.41, 5.74) is 2.62. The molecular formula is C17H20N4OS2. The Labute approximate surface area is 149 Å². The summed E-state index contributed by atoms with van der Waals surface area (Å²) in [5.74, 6) is 0.665. The van der Waals surface area contributed by atoms with Gasteiger partial charge in [0.15, 0.2) is 5.13 Å². The lowest BCUT2D eigenvalue weighted by atomic mass is 9.95. The lowest BCUT2D eigenvalue weighted by Gasteiger charge is -2.16. The van der Waals surface area contributed by atoms with Crippen LogP contribution in [0.4, 0.5) is 5.13 Å². The van der Waals surface area contributed by atoms with E-state index >= 15 is 0 Å². The van der Waals surface area contributed by atoms with Gasteiger partial charge in [0.05, 0.1) is 16.3 Å². The molecule has 24 heavy (non-hydrogen) atoms. The number of nitrogens with zero attached hydrogens (tertiary/aromatic N) is 3. The van der Waals surface area contributed by atoms with Crippen molar-refractivity contribution >= 4 is 43.9 Å². The fourth-order valence-electron chi connectivity index (χ4n) is 2.46. The van der Waals surface area contributed by atoms with Crippen molar-refractivity contribution in [3.63, 3.8) is 0 Å². The smallest absolute Gasteiger partial charge is 0.267 e. The monoisotopic (exact) mass is 360 g/mol. The summed E-state index contributed by atoms with van der Waals surface area (Å²) in [5, 5.41) is 6.39. The highest BCUT2D eigenvalue weighted by atomic mass is 32.1. The third-order valence-corrected chi connectivity index (χ3v) is 5.75. The second-order valence-corrected chi connectivity index (χ2v) is 8.72. The van der Waals surface area contributed by atoms with Gasteiger partial charge in [0.25, 0.3) is 5.91 Å². The van der Waals surface area contributed by atoms with Crippen LogP contribution in [0.25, 0.3) is 10.2 Å². The highest BCUT2D eigenvalue weighted by Gasteiger charge is 2.23. The number of nitrogens with one attached hydrogen (secondary N) is 1.